The van der Waals surface area contributed by atoms with Crippen molar-refractivity contribution in [2.75, 3.05) is 34.0 Å². The van der Waals surface area contributed by atoms with Gasteiger partial charge in [-0.1, -0.05) is 30.3 Å². The first kappa shape index (κ1) is 13.5. The van der Waals surface area contributed by atoms with Crippen LogP contribution in [0.3, 0.4) is 0 Å². The third-order valence-electron chi connectivity index (χ3n) is 3.43. The second kappa shape index (κ2) is 5.80. The summed E-state index contributed by atoms with van der Waals surface area (Å²) in [7, 11) is 3.71. The van der Waals surface area contributed by atoms with Gasteiger partial charge >= 0.3 is 0 Å². The summed E-state index contributed by atoms with van der Waals surface area (Å²) < 4.78 is 10.6. The lowest BCUT2D eigenvalue weighted by atomic mass is 9.82. The molecule has 1 saturated heterocycles. The van der Waals surface area contributed by atoms with E-state index in [1.165, 1.54) is 5.56 Å². The van der Waals surface area contributed by atoms with Crippen molar-refractivity contribution in [2.24, 2.45) is 5.73 Å². The van der Waals surface area contributed by atoms with Crippen LogP contribution in [-0.2, 0) is 15.0 Å². The van der Waals surface area contributed by atoms with Gasteiger partial charge in [-0.05, 0) is 19.0 Å². The van der Waals surface area contributed by atoms with Gasteiger partial charge in [0.25, 0.3) is 0 Å². The summed E-state index contributed by atoms with van der Waals surface area (Å²) in [6.45, 7) is 2.07. The molecule has 2 unspecified atom stereocenters. The molecule has 0 spiro atoms. The first-order chi connectivity index (χ1) is 8.64. The van der Waals surface area contributed by atoms with Crippen LogP contribution in [0.15, 0.2) is 30.3 Å². The monoisotopic (exact) mass is 250 g/mol. The molecule has 100 valence electrons. The van der Waals surface area contributed by atoms with Gasteiger partial charge in [0.2, 0.25) is 0 Å². The molecule has 1 aromatic carbocycles. The smallest absolute Gasteiger partial charge is 0.146 e. The van der Waals surface area contributed by atoms with Crippen molar-refractivity contribution in [1.82, 2.24) is 4.90 Å². The van der Waals surface area contributed by atoms with Crippen molar-refractivity contribution in [3.63, 3.8) is 0 Å². The molecule has 0 amide bonds. The van der Waals surface area contributed by atoms with Crippen LogP contribution < -0.4 is 5.73 Å². The molecule has 4 heteroatoms. The summed E-state index contributed by atoms with van der Waals surface area (Å²) in [6, 6.07) is 10.3. The fraction of sp³-hybridized carbons (Fsp3) is 0.571. The SMILES string of the molecule is COCOC1CN(C)CC(N)(c2ccccc2)C1. The molecule has 18 heavy (non-hydrogen) atoms. The highest BCUT2D eigenvalue weighted by atomic mass is 16.7. The number of rotatable bonds is 4. The molecule has 1 aromatic rings. The molecule has 4 nitrogen and oxygen atoms in total. The van der Waals surface area contributed by atoms with Crippen LogP contribution in [0.5, 0.6) is 0 Å². The number of likely N-dealkylation sites (N-methyl/N-ethyl adjacent to an activating group) is 1. The molecule has 2 N–H and O–H groups in total. The summed E-state index contributed by atoms with van der Waals surface area (Å²) in [5.74, 6) is 0. The first-order valence-electron chi connectivity index (χ1n) is 6.27. The van der Waals surface area contributed by atoms with Gasteiger partial charge in [-0.2, -0.15) is 0 Å². The fourth-order valence-corrected chi connectivity index (χ4v) is 2.68. The third-order valence-corrected chi connectivity index (χ3v) is 3.43. The molecule has 2 atom stereocenters. The Morgan fingerprint density at radius 1 is 1.39 bits per heavy atom. The molecule has 1 aliphatic heterocycles. The van der Waals surface area contributed by atoms with Crippen molar-refractivity contribution in [1.29, 1.82) is 0 Å². The summed E-state index contributed by atoms with van der Waals surface area (Å²) in [6.07, 6.45) is 0.943. The normalized spacial score (nSPS) is 29.4. The van der Waals surface area contributed by atoms with E-state index < -0.39 is 0 Å². The maximum Gasteiger partial charge on any atom is 0.146 e. The Balaban J connectivity index is 2.11. The van der Waals surface area contributed by atoms with Crippen LogP contribution in [0, 0.1) is 0 Å². The highest BCUT2D eigenvalue weighted by Crippen LogP contribution is 2.29. The second-order valence-electron chi connectivity index (χ2n) is 5.12. The van der Waals surface area contributed by atoms with Crippen LogP contribution in [0.4, 0.5) is 0 Å². The largest absolute Gasteiger partial charge is 0.359 e. The first-order valence-corrected chi connectivity index (χ1v) is 6.27. The van der Waals surface area contributed by atoms with E-state index in [4.69, 9.17) is 15.2 Å². The molecular formula is C14H22N2O2. The highest BCUT2D eigenvalue weighted by molar-refractivity contribution is 5.25. The zero-order valence-electron chi connectivity index (χ0n) is 11.1. The number of hydrogen-bond donors (Lipinski definition) is 1. The zero-order chi connectivity index (χ0) is 13.0. The summed E-state index contributed by atoms with van der Waals surface area (Å²) in [5, 5.41) is 0. The van der Waals surface area contributed by atoms with Gasteiger partial charge in [0.15, 0.2) is 0 Å². The van der Waals surface area contributed by atoms with Crippen molar-refractivity contribution in [3.05, 3.63) is 35.9 Å². The number of ether oxygens (including phenoxy) is 2. The Bertz CT molecular complexity index is 371. The van der Waals surface area contributed by atoms with Crippen molar-refractivity contribution in [3.8, 4) is 0 Å². The lowest BCUT2D eigenvalue weighted by molar-refractivity contribution is -0.101. The molecule has 1 aliphatic rings. The zero-order valence-corrected chi connectivity index (χ0v) is 11.1. The maximum atomic E-state index is 6.57. The van der Waals surface area contributed by atoms with E-state index in [9.17, 15) is 0 Å². The Labute approximate surface area is 109 Å². The Morgan fingerprint density at radius 3 is 2.78 bits per heavy atom. The molecule has 2 rings (SSSR count). The molecule has 0 radical (unpaired) electrons. The number of nitrogens with two attached hydrogens (primary N) is 1. The van der Waals surface area contributed by atoms with Gasteiger partial charge in [0.1, 0.15) is 6.79 Å². The van der Waals surface area contributed by atoms with Crippen LogP contribution in [0.25, 0.3) is 0 Å². The molecule has 0 saturated carbocycles. The minimum atomic E-state index is -0.341. The quantitative estimate of drug-likeness (QED) is 0.815. The maximum absolute atomic E-state index is 6.57. The van der Waals surface area contributed by atoms with Gasteiger partial charge in [0, 0.05) is 20.2 Å². The minimum Gasteiger partial charge on any atom is -0.359 e. The van der Waals surface area contributed by atoms with E-state index >= 15 is 0 Å². The second-order valence-corrected chi connectivity index (χ2v) is 5.12. The van der Waals surface area contributed by atoms with Gasteiger partial charge in [-0.15, -0.1) is 0 Å². The number of hydrogen-bond acceptors (Lipinski definition) is 4. The van der Waals surface area contributed by atoms with Gasteiger partial charge in [-0.25, -0.2) is 0 Å². The molecule has 0 aromatic heterocycles. The van der Waals surface area contributed by atoms with Crippen molar-refractivity contribution >= 4 is 0 Å². The van der Waals surface area contributed by atoms with Gasteiger partial charge in [0.05, 0.1) is 11.6 Å². The lowest BCUT2D eigenvalue weighted by Crippen LogP contribution is -2.56. The van der Waals surface area contributed by atoms with E-state index in [2.05, 4.69) is 24.1 Å². The number of benzene rings is 1. The van der Waals surface area contributed by atoms with Crippen LogP contribution >= 0.6 is 0 Å². The van der Waals surface area contributed by atoms with E-state index in [0.29, 0.717) is 6.79 Å². The van der Waals surface area contributed by atoms with E-state index in [-0.39, 0.29) is 11.6 Å². The molecular weight excluding hydrogens is 228 g/mol. The summed E-state index contributed by atoms with van der Waals surface area (Å²) >= 11 is 0. The van der Waals surface area contributed by atoms with E-state index in [1.54, 1.807) is 7.11 Å². The Morgan fingerprint density at radius 2 is 2.11 bits per heavy atom. The minimum absolute atomic E-state index is 0.119. The average Bonchev–Trinajstić information content (AvgIpc) is 2.36. The summed E-state index contributed by atoms with van der Waals surface area (Å²) in [5.41, 5.74) is 7.40. The van der Waals surface area contributed by atoms with Crippen LogP contribution in [0.1, 0.15) is 12.0 Å². The molecule has 1 heterocycles. The van der Waals surface area contributed by atoms with Gasteiger partial charge in [-0.3, -0.25) is 0 Å². The number of methoxy groups -OCH3 is 1. The number of piperidine rings is 1. The van der Waals surface area contributed by atoms with Crippen molar-refractivity contribution in [2.45, 2.75) is 18.1 Å². The topological polar surface area (TPSA) is 47.7 Å². The van der Waals surface area contributed by atoms with E-state index in [0.717, 1.165) is 19.5 Å². The molecule has 0 aliphatic carbocycles. The molecule has 0 bridgehead atoms. The predicted octanol–water partition coefficient (Wildman–Crippen LogP) is 1.17. The Hall–Kier alpha value is -0.940. The van der Waals surface area contributed by atoms with Crippen LogP contribution in [0.2, 0.25) is 0 Å². The number of nitrogens with zero attached hydrogens (tertiary/aromatic N) is 1. The standard InChI is InChI=1S/C14H22N2O2/c1-16-9-13(18-11-17-2)8-14(15,10-16)12-6-4-3-5-7-12/h3-7,13H,8-11,15H2,1-2H3. The number of likely N-dealkylation sites (tertiary alicyclic amines) is 1. The van der Waals surface area contributed by atoms with Crippen LogP contribution in [-0.4, -0.2) is 45.0 Å². The van der Waals surface area contributed by atoms with Gasteiger partial charge < -0.3 is 20.1 Å². The fourth-order valence-electron chi connectivity index (χ4n) is 2.68. The molecule has 1 fully saturated rings. The third kappa shape index (κ3) is 3.09. The highest BCUT2D eigenvalue weighted by Gasteiger charge is 2.37. The predicted molar refractivity (Wildman–Crippen MR) is 71.2 cm³/mol. The lowest BCUT2D eigenvalue weighted by Gasteiger charge is -2.42. The Kier molecular flexibility index (Phi) is 4.35. The average molecular weight is 250 g/mol. The van der Waals surface area contributed by atoms with E-state index in [1.807, 2.05) is 18.2 Å². The summed E-state index contributed by atoms with van der Waals surface area (Å²) in [4.78, 5) is 2.22. The van der Waals surface area contributed by atoms with Crippen molar-refractivity contribution < 1.29 is 9.47 Å².